The maximum absolute atomic E-state index is 5.47. The zero-order chi connectivity index (χ0) is 5.70. The topological polar surface area (TPSA) is 0 Å². The molecule has 7 heavy (non-hydrogen) atoms. The first-order chi connectivity index (χ1) is 3.35. The van der Waals surface area contributed by atoms with Crippen molar-refractivity contribution in [3.8, 4) is 0 Å². The summed E-state index contributed by atoms with van der Waals surface area (Å²) in [5.41, 5.74) is 1.24. The van der Waals surface area contributed by atoms with E-state index in [0.29, 0.717) is 5.88 Å². The quantitative estimate of drug-likeness (QED) is 0.456. The second kappa shape index (κ2) is 4.66. The summed E-state index contributed by atoms with van der Waals surface area (Å²) < 4.78 is 0. The molecular weight excluding hydrogens is 175 g/mol. The van der Waals surface area contributed by atoms with Crippen molar-refractivity contribution in [1.82, 2.24) is 0 Å². The van der Waals surface area contributed by atoms with E-state index in [1.165, 1.54) is 5.57 Å². The van der Waals surface area contributed by atoms with Crippen molar-refractivity contribution in [3.63, 3.8) is 0 Å². The fourth-order valence-electron chi connectivity index (χ4n) is 0.190. The van der Waals surface area contributed by atoms with Gasteiger partial charge in [-0.1, -0.05) is 22.0 Å². The Bertz CT molecular complexity index is 62.5. The third-order valence-electron chi connectivity index (χ3n) is 0.752. The molecule has 0 nitrogen and oxygen atoms in total. The molecule has 0 N–H and O–H groups in total. The van der Waals surface area contributed by atoms with Crippen LogP contribution in [0.5, 0.6) is 0 Å². The molecule has 0 aromatic carbocycles. The second-order valence-corrected chi connectivity index (χ2v) is 2.04. The molecule has 0 aromatic heterocycles. The van der Waals surface area contributed by atoms with E-state index < -0.39 is 0 Å². The molecule has 0 aliphatic carbocycles. The molecule has 0 radical (unpaired) electrons. The highest BCUT2D eigenvalue weighted by molar-refractivity contribution is 9.09. The molecule has 0 atom stereocenters. The normalized spacial score (nSPS) is 12.1. The van der Waals surface area contributed by atoms with E-state index in [2.05, 4.69) is 15.9 Å². The van der Waals surface area contributed by atoms with Gasteiger partial charge in [0.05, 0.1) is 0 Å². The Hall–Kier alpha value is 0.510. The molecule has 2 heteroatoms. The molecule has 0 unspecified atom stereocenters. The van der Waals surface area contributed by atoms with Gasteiger partial charge in [0.15, 0.2) is 0 Å². The lowest BCUT2D eigenvalue weighted by molar-refractivity contribution is 1.40. The van der Waals surface area contributed by atoms with Crippen molar-refractivity contribution < 1.29 is 0 Å². The van der Waals surface area contributed by atoms with Gasteiger partial charge in [-0.2, -0.15) is 0 Å². The lowest BCUT2D eigenvalue weighted by Gasteiger charge is -1.90. The van der Waals surface area contributed by atoms with Crippen LogP contribution in [0.4, 0.5) is 0 Å². The van der Waals surface area contributed by atoms with E-state index in [-0.39, 0.29) is 0 Å². The predicted octanol–water partition coefficient (Wildman–Crippen LogP) is 2.57. The molecule has 0 spiro atoms. The SMILES string of the molecule is C/C=C(\CCl)CBr. The summed E-state index contributed by atoms with van der Waals surface area (Å²) in [6.07, 6.45) is 2.02. The van der Waals surface area contributed by atoms with Gasteiger partial charge in [0.2, 0.25) is 0 Å². The lowest BCUT2D eigenvalue weighted by Crippen LogP contribution is -1.82. The summed E-state index contributed by atoms with van der Waals surface area (Å²) in [5.74, 6) is 0.641. The van der Waals surface area contributed by atoms with E-state index in [1.54, 1.807) is 0 Å². The van der Waals surface area contributed by atoms with Crippen molar-refractivity contribution in [2.24, 2.45) is 0 Å². The standard InChI is InChI=1S/C5H8BrCl/c1-2-5(3-6)4-7/h2H,3-4H2,1H3/b5-2-. The van der Waals surface area contributed by atoms with E-state index in [1.807, 2.05) is 13.0 Å². The molecule has 0 rings (SSSR count). The van der Waals surface area contributed by atoms with E-state index in [9.17, 15) is 0 Å². The molecule has 0 aliphatic rings. The van der Waals surface area contributed by atoms with Crippen molar-refractivity contribution >= 4 is 27.5 Å². The highest BCUT2D eigenvalue weighted by Gasteiger charge is 1.85. The van der Waals surface area contributed by atoms with Crippen LogP contribution in [0, 0.1) is 0 Å². The fourth-order valence-corrected chi connectivity index (χ4v) is 1.19. The molecule has 0 saturated heterocycles. The Labute approximate surface area is 57.7 Å². The van der Waals surface area contributed by atoms with E-state index >= 15 is 0 Å². The summed E-state index contributed by atoms with van der Waals surface area (Å²) in [5, 5.41) is 0.896. The van der Waals surface area contributed by atoms with Gasteiger partial charge in [-0.05, 0) is 12.5 Å². The summed E-state index contributed by atoms with van der Waals surface area (Å²) >= 11 is 8.75. The van der Waals surface area contributed by atoms with Gasteiger partial charge in [-0.25, -0.2) is 0 Å². The zero-order valence-corrected chi connectivity index (χ0v) is 6.59. The Balaban J connectivity index is 3.38. The lowest BCUT2D eigenvalue weighted by atomic mass is 10.3. The van der Waals surface area contributed by atoms with Crippen LogP contribution in [-0.2, 0) is 0 Å². The van der Waals surface area contributed by atoms with Gasteiger partial charge in [0.25, 0.3) is 0 Å². The van der Waals surface area contributed by atoms with Crippen LogP contribution >= 0.6 is 27.5 Å². The molecule has 0 bridgehead atoms. The van der Waals surface area contributed by atoms with Crippen LogP contribution in [0.15, 0.2) is 11.6 Å². The number of hydrogen-bond donors (Lipinski definition) is 0. The maximum atomic E-state index is 5.47. The largest absolute Gasteiger partial charge is 0.122 e. The Kier molecular flexibility index (Phi) is 5.00. The first kappa shape index (κ1) is 7.51. The molecule has 0 heterocycles. The van der Waals surface area contributed by atoms with Crippen LogP contribution in [-0.4, -0.2) is 11.2 Å². The van der Waals surface area contributed by atoms with Crippen LogP contribution in [0.25, 0.3) is 0 Å². The highest BCUT2D eigenvalue weighted by atomic mass is 79.9. The minimum absolute atomic E-state index is 0.641. The second-order valence-electron chi connectivity index (χ2n) is 1.21. The molecule has 0 saturated carbocycles. The summed E-state index contributed by atoms with van der Waals surface area (Å²) in [6, 6.07) is 0. The molecule has 0 aliphatic heterocycles. The minimum Gasteiger partial charge on any atom is -0.122 e. The number of allylic oxidation sites excluding steroid dienone is 2. The van der Waals surface area contributed by atoms with Crippen molar-refractivity contribution in [3.05, 3.63) is 11.6 Å². The minimum atomic E-state index is 0.641. The molecular formula is C5H8BrCl. The van der Waals surface area contributed by atoms with Crippen molar-refractivity contribution in [1.29, 1.82) is 0 Å². The number of alkyl halides is 2. The van der Waals surface area contributed by atoms with Crippen LogP contribution in [0.2, 0.25) is 0 Å². The summed E-state index contributed by atoms with van der Waals surface area (Å²) in [6.45, 7) is 1.99. The Morgan fingerprint density at radius 1 is 1.86 bits per heavy atom. The summed E-state index contributed by atoms with van der Waals surface area (Å²) in [7, 11) is 0. The van der Waals surface area contributed by atoms with Gasteiger partial charge in [-0.3, -0.25) is 0 Å². The third kappa shape index (κ3) is 3.12. The monoisotopic (exact) mass is 182 g/mol. The van der Waals surface area contributed by atoms with Crippen LogP contribution < -0.4 is 0 Å². The number of rotatable bonds is 2. The average molecular weight is 183 g/mol. The smallest absolute Gasteiger partial charge is 0.0441 e. The molecule has 0 amide bonds. The highest BCUT2D eigenvalue weighted by Crippen LogP contribution is 2.00. The zero-order valence-electron chi connectivity index (χ0n) is 4.25. The van der Waals surface area contributed by atoms with Crippen molar-refractivity contribution in [2.75, 3.05) is 11.2 Å². The Morgan fingerprint density at radius 2 is 2.43 bits per heavy atom. The Morgan fingerprint density at radius 3 is 2.43 bits per heavy atom. The van der Waals surface area contributed by atoms with Gasteiger partial charge in [0, 0.05) is 11.2 Å². The first-order valence-electron chi connectivity index (χ1n) is 2.11. The molecule has 42 valence electrons. The van der Waals surface area contributed by atoms with Gasteiger partial charge < -0.3 is 0 Å². The number of halogens is 2. The van der Waals surface area contributed by atoms with Gasteiger partial charge >= 0.3 is 0 Å². The molecule has 0 fully saturated rings. The third-order valence-corrected chi connectivity index (χ3v) is 1.82. The fraction of sp³-hybridized carbons (Fsp3) is 0.600. The van der Waals surface area contributed by atoms with Gasteiger partial charge in [0.1, 0.15) is 0 Å². The van der Waals surface area contributed by atoms with Crippen LogP contribution in [0.3, 0.4) is 0 Å². The molecule has 0 aromatic rings. The first-order valence-corrected chi connectivity index (χ1v) is 3.76. The van der Waals surface area contributed by atoms with E-state index in [0.717, 1.165) is 5.33 Å². The van der Waals surface area contributed by atoms with E-state index in [4.69, 9.17) is 11.6 Å². The predicted molar refractivity (Wildman–Crippen MR) is 38.3 cm³/mol. The number of hydrogen-bond acceptors (Lipinski definition) is 0. The van der Waals surface area contributed by atoms with Crippen LogP contribution in [0.1, 0.15) is 6.92 Å². The maximum Gasteiger partial charge on any atom is 0.0441 e. The average Bonchev–Trinajstić information content (AvgIpc) is 1.72. The van der Waals surface area contributed by atoms with Gasteiger partial charge in [-0.15, -0.1) is 11.6 Å². The van der Waals surface area contributed by atoms with Crippen molar-refractivity contribution in [2.45, 2.75) is 6.92 Å². The summed E-state index contributed by atoms with van der Waals surface area (Å²) in [4.78, 5) is 0.